The Hall–Kier alpha value is -2.20. The van der Waals surface area contributed by atoms with Crippen LogP contribution >= 0.6 is 0 Å². The molecule has 1 aromatic carbocycles. The van der Waals surface area contributed by atoms with Gasteiger partial charge in [0.15, 0.2) is 11.3 Å². The van der Waals surface area contributed by atoms with E-state index in [9.17, 15) is 9.59 Å². The van der Waals surface area contributed by atoms with Gasteiger partial charge in [-0.2, -0.15) is 0 Å². The van der Waals surface area contributed by atoms with Gasteiger partial charge in [-0.25, -0.2) is 4.79 Å². The van der Waals surface area contributed by atoms with Crippen LogP contribution in [0.4, 0.5) is 0 Å². The molecule has 0 aliphatic carbocycles. The van der Waals surface area contributed by atoms with Gasteiger partial charge >= 0.3 is 5.97 Å². The minimum atomic E-state index is -1.34. The number of ether oxygens (including phenoxy) is 1. The molecule has 0 radical (unpaired) electrons. The number of benzene rings is 1. The SMILES string of the molecule is C=CCN1Cc2ccccc2OC(=O)C1(CC=C)C(C)=O. The van der Waals surface area contributed by atoms with Crippen LogP contribution < -0.4 is 4.74 Å². The number of fused-ring (bicyclic) bond motifs is 1. The lowest BCUT2D eigenvalue weighted by Gasteiger charge is -2.36. The predicted octanol–water partition coefficient (Wildman–Crippen LogP) is 2.50. The predicted molar refractivity (Wildman–Crippen MR) is 80.9 cm³/mol. The van der Waals surface area contributed by atoms with Gasteiger partial charge in [0.05, 0.1) is 0 Å². The number of carbonyl (C=O) groups excluding carboxylic acids is 2. The van der Waals surface area contributed by atoms with Crippen LogP contribution in [0.15, 0.2) is 49.6 Å². The van der Waals surface area contributed by atoms with Crippen LogP contribution in [0.1, 0.15) is 18.9 Å². The van der Waals surface area contributed by atoms with Gasteiger partial charge in [-0.05, 0) is 13.0 Å². The van der Waals surface area contributed by atoms with Crippen molar-refractivity contribution in [1.82, 2.24) is 4.90 Å². The third-order valence-electron chi connectivity index (χ3n) is 3.79. The molecule has 21 heavy (non-hydrogen) atoms. The molecule has 1 aromatic rings. The van der Waals surface area contributed by atoms with E-state index in [2.05, 4.69) is 13.2 Å². The van der Waals surface area contributed by atoms with Gasteiger partial charge in [0, 0.05) is 25.1 Å². The molecule has 1 aliphatic heterocycles. The van der Waals surface area contributed by atoms with Gasteiger partial charge in [0.25, 0.3) is 0 Å². The van der Waals surface area contributed by atoms with Crippen LogP contribution in [-0.2, 0) is 16.1 Å². The molecule has 4 nitrogen and oxygen atoms in total. The number of ketones is 1. The third-order valence-corrected chi connectivity index (χ3v) is 3.79. The molecule has 0 fully saturated rings. The summed E-state index contributed by atoms with van der Waals surface area (Å²) in [6, 6.07) is 7.32. The van der Waals surface area contributed by atoms with E-state index in [1.54, 1.807) is 29.2 Å². The van der Waals surface area contributed by atoms with Gasteiger partial charge in [0.1, 0.15) is 5.75 Å². The van der Waals surface area contributed by atoms with E-state index in [0.717, 1.165) is 5.56 Å². The molecule has 0 saturated heterocycles. The maximum Gasteiger partial charge on any atom is 0.340 e. The summed E-state index contributed by atoms with van der Waals surface area (Å²) in [5.41, 5.74) is -0.463. The maximum atomic E-state index is 12.6. The molecule has 1 heterocycles. The average Bonchev–Trinajstić information content (AvgIpc) is 2.56. The fourth-order valence-corrected chi connectivity index (χ4v) is 2.70. The number of nitrogens with zero attached hydrogens (tertiary/aromatic N) is 1. The Morgan fingerprint density at radius 2 is 2.10 bits per heavy atom. The van der Waals surface area contributed by atoms with E-state index in [1.165, 1.54) is 6.92 Å². The minimum absolute atomic E-state index is 0.211. The molecule has 0 spiro atoms. The van der Waals surface area contributed by atoms with E-state index in [-0.39, 0.29) is 12.2 Å². The number of hydrogen-bond acceptors (Lipinski definition) is 4. The normalized spacial score (nSPS) is 21.9. The van der Waals surface area contributed by atoms with Crippen molar-refractivity contribution in [1.29, 1.82) is 0 Å². The zero-order chi connectivity index (χ0) is 15.5. The first-order chi connectivity index (χ1) is 10.1. The summed E-state index contributed by atoms with van der Waals surface area (Å²) in [5, 5.41) is 0. The second-order valence-electron chi connectivity index (χ2n) is 5.08. The standard InChI is InChI=1S/C17H19NO3/c1-4-10-17(13(3)19)16(20)21-15-9-7-6-8-14(15)12-18(17)11-5-2/h4-9H,1-2,10-12H2,3H3. The van der Waals surface area contributed by atoms with Crippen LogP contribution in [0.25, 0.3) is 0 Å². The molecule has 0 N–H and O–H groups in total. The molecule has 0 saturated carbocycles. The van der Waals surface area contributed by atoms with Crippen molar-refractivity contribution in [3.8, 4) is 5.75 Å². The molecule has 4 heteroatoms. The summed E-state index contributed by atoms with van der Waals surface area (Å²) < 4.78 is 5.48. The van der Waals surface area contributed by atoms with Crippen molar-refractivity contribution in [3.63, 3.8) is 0 Å². The van der Waals surface area contributed by atoms with E-state index in [4.69, 9.17) is 4.74 Å². The third kappa shape index (κ3) is 2.54. The lowest BCUT2D eigenvalue weighted by molar-refractivity contribution is -0.153. The zero-order valence-electron chi connectivity index (χ0n) is 12.2. The van der Waals surface area contributed by atoms with Crippen molar-refractivity contribution < 1.29 is 14.3 Å². The first-order valence-corrected chi connectivity index (χ1v) is 6.84. The van der Waals surface area contributed by atoms with Gasteiger partial charge in [-0.15, -0.1) is 13.2 Å². The number of hydrogen-bond donors (Lipinski definition) is 0. The summed E-state index contributed by atoms with van der Waals surface area (Å²) in [6.45, 7) is 9.67. The van der Waals surface area contributed by atoms with E-state index < -0.39 is 11.5 Å². The quantitative estimate of drug-likeness (QED) is 0.361. The number of Topliss-reactive ketones (excluding diaryl/α,β-unsaturated/α-hetero) is 1. The second-order valence-corrected chi connectivity index (χ2v) is 5.08. The lowest BCUT2D eigenvalue weighted by atomic mass is 9.88. The Bertz CT molecular complexity index is 593. The Balaban J connectivity index is 2.57. The van der Waals surface area contributed by atoms with Crippen molar-refractivity contribution in [3.05, 3.63) is 55.1 Å². The molecule has 2 rings (SSSR count). The number of carbonyl (C=O) groups is 2. The van der Waals surface area contributed by atoms with Crippen LogP contribution in [0, 0.1) is 0 Å². The lowest BCUT2D eigenvalue weighted by Crippen LogP contribution is -2.59. The molecular weight excluding hydrogens is 266 g/mol. The van der Waals surface area contributed by atoms with Crippen molar-refractivity contribution in [2.24, 2.45) is 0 Å². The highest BCUT2D eigenvalue weighted by Gasteiger charge is 2.50. The minimum Gasteiger partial charge on any atom is -0.424 e. The van der Waals surface area contributed by atoms with Crippen LogP contribution in [-0.4, -0.2) is 28.7 Å². The monoisotopic (exact) mass is 285 g/mol. The fraction of sp³-hybridized carbons (Fsp3) is 0.294. The summed E-state index contributed by atoms with van der Waals surface area (Å²) in [7, 11) is 0. The molecule has 0 amide bonds. The van der Waals surface area contributed by atoms with E-state index in [1.807, 2.05) is 12.1 Å². The van der Waals surface area contributed by atoms with Crippen molar-refractivity contribution >= 4 is 11.8 Å². The Morgan fingerprint density at radius 1 is 1.38 bits per heavy atom. The Kier molecular flexibility index (Phi) is 4.38. The smallest absolute Gasteiger partial charge is 0.340 e. The van der Waals surface area contributed by atoms with Crippen LogP contribution in [0.3, 0.4) is 0 Å². The van der Waals surface area contributed by atoms with Gasteiger partial charge in [-0.3, -0.25) is 9.69 Å². The molecule has 1 atom stereocenters. The Morgan fingerprint density at radius 3 is 2.71 bits per heavy atom. The highest BCUT2D eigenvalue weighted by atomic mass is 16.5. The maximum absolute atomic E-state index is 12.6. The van der Waals surface area contributed by atoms with Gasteiger partial charge in [-0.1, -0.05) is 30.4 Å². The average molecular weight is 285 g/mol. The largest absolute Gasteiger partial charge is 0.424 e. The highest BCUT2D eigenvalue weighted by molar-refractivity contribution is 6.08. The van der Waals surface area contributed by atoms with E-state index in [0.29, 0.717) is 18.8 Å². The van der Waals surface area contributed by atoms with Crippen molar-refractivity contribution in [2.75, 3.05) is 6.54 Å². The second kappa shape index (κ2) is 6.06. The van der Waals surface area contributed by atoms with E-state index >= 15 is 0 Å². The van der Waals surface area contributed by atoms with Crippen LogP contribution in [0.5, 0.6) is 5.75 Å². The van der Waals surface area contributed by atoms with Crippen molar-refractivity contribution in [2.45, 2.75) is 25.4 Å². The molecule has 110 valence electrons. The Labute approximate surface area is 124 Å². The first-order valence-electron chi connectivity index (χ1n) is 6.84. The first kappa shape index (κ1) is 15.2. The summed E-state index contributed by atoms with van der Waals surface area (Å²) in [6.07, 6.45) is 3.47. The molecule has 1 unspecified atom stereocenters. The molecule has 0 aromatic heterocycles. The van der Waals surface area contributed by atoms with Gasteiger partial charge in [0.2, 0.25) is 0 Å². The summed E-state index contributed by atoms with van der Waals surface area (Å²) in [5.74, 6) is -0.299. The summed E-state index contributed by atoms with van der Waals surface area (Å²) >= 11 is 0. The summed E-state index contributed by atoms with van der Waals surface area (Å²) in [4.78, 5) is 26.7. The topological polar surface area (TPSA) is 46.6 Å². The zero-order valence-corrected chi connectivity index (χ0v) is 12.2. The van der Waals surface area contributed by atoms with Crippen LogP contribution in [0.2, 0.25) is 0 Å². The number of rotatable bonds is 5. The van der Waals surface area contributed by atoms with Gasteiger partial charge < -0.3 is 4.74 Å². The highest BCUT2D eigenvalue weighted by Crippen LogP contribution is 2.33. The molecule has 1 aliphatic rings. The molecular formula is C17H19NO3. The molecule has 0 bridgehead atoms. The fourth-order valence-electron chi connectivity index (χ4n) is 2.70. The number of esters is 1. The number of para-hydroxylation sites is 1.